The fraction of sp³-hybridized carbons (Fsp3) is 0.692. The summed E-state index contributed by atoms with van der Waals surface area (Å²) in [6.07, 6.45) is 6.55. The molecule has 16 heavy (non-hydrogen) atoms. The monoisotopic (exact) mass is 257 g/mol. The van der Waals surface area contributed by atoms with Gasteiger partial charge in [-0.25, -0.2) is 0 Å². The number of alkyl halides is 1. The Bertz CT molecular complexity index is 286. The van der Waals surface area contributed by atoms with Gasteiger partial charge in [-0.05, 0) is 37.3 Å². The van der Waals surface area contributed by atoms with Crippen LogP contribution >= 0.6 is 22.9 Å². The van der Waals surface area contributed by atoms with Gasteiger partial charge >= 0.3 is 0 Å². The van der Waals surface area contributed by atoms with Gasteiger partial charge in [0.25, 0.3) is 0 Å². The van der Waals surface area contributed by atoms with Crippen molar-refractivity contribution in [1.29, 1.82) is 0 Å². The molecule has 1 fully saturated rings. The SMILES string of the molecule is ClCC1CCCCCN1CCc1cccs1. The van der Waals surface area contributed by atoms with E-state index in [0.717, 1.165) is 5.88 Å². The summed E-state index contributed by atoms with van der Waals surface area (Å²) in [4.78, 5) is 4.09. The van der Waals surface area contributed by atoms with Crippen LogP contribution in [0.25, 0.3) is 0 Å². The van der Waals surface area contributed by atoms with Gasteiger partial charge in [0, 0.05) is 23.3 Å². The molecule has 1 aromatic heterocycles. The predicted molar refractivity (Wildman–Crippen MR) is 72.6 cm³/mol. The van der Waals surface area contributed by atoms with Crippen LogP contribution in [0.2, 0.25) is 0 Å². The zero-order valence-electron chi connectivity index (χ0n) is 9.70. The highest BCUT2D eigenvalue weighted by molar-refractivity contribution is 7.09. The van der Waals surface area contributed by atoms with Crippen molar-refractivity contribution in [2.45, 2.75) is 38.1 Å². The maximum absolute atomic E-state index is 6.07. The largest absolute Gasteiger partial charge is 0.299 e. The van der Waals surface area contributed by atoms with Crippen molar-refractivity contribution >= 4 is 22.9 Å². The molecule has 0 N–H and O–H groups in total. The van der Waals surface area contributed by atoms with E-state index in [1.165, 1.54) is 50.1 Å². The maximum atomic E-state index is 6.07. The Balaban J connectivity index is 1.85. The van der Waals surface area contributed by atoms with Crippen LogP contribution in [0.4, 0.5) is 0 Å². The molecular weight excluding hydrogens is 238 g/mol. The number of halogens is 1. The van der Waals surface area contributed by atoms with Gasteiger partial charge in [0.05, 0.1) is 0 Å². The maximum Gasteiger partial charge on any atom is 0.0379 e. The van der Waals surface area contributed by atoms with Crippen molar-refractivity contribution in [1.82, 2.24) is 4.90 Å². The summed E-state index contributed by atoms with van der Waals surface area (Å²) < 4.78 is 0. The first kappa shape index (κ1) is 12.4. The lowest BCUT2D eigenvalue weighted by atomic mass is 10.1. The molecule has 1 aliphatic rings. The van der Waals surface area contributed by atoms with Crippen molar-refractivity contribution in [2.24, 2.45) is 0 Å². The van der Waals surface area contributed by atoms with Gasteiger partial charge in [0.1, 0.15) is 0 Å². The van der Waals surface area contributed by atoms with E-state index in [1.54, 1.807) is 0 Å². The molecule has 0 aliphatic carbocycles. The van der Waals surface area contributed by atoms with Gasteiger partial charge in [0.2, 0.25) is 0 Å². The second-order valence-corrected chi connectivity index (χ2v) is 5.86. The Morgan fingerprint density at radius 1 is 1.38 bits per heavy atom. The van der Waals surface area contributed by atoms with Crippen LogP contribution in [0.5, 0.6) is 0 Å². The smallest absolute Gasteiger partial charge is 0.0379 e. The number of thiophene rings is 1. The first-order valence-electron chi connectivity index (χ1n) is 6.22. The van der Waals surface area contributed by atoms with Crippen LogP contribution in [0, 0.1) is 0 Å². The summed E-state index contributed by atoms with van der Waals surface area (Å²) in [6.45, 7) is 2.42. The summed E-state index contributed by atoms with van der Waals surface area (Å²) in [7, 11) is 0. The third kappa shape index (κ3) is 3.47. The Hall–Kier alpha value is -0.0500. The lowest BCUT2D eigenvalue weighted by molar-refractivity contribution is 0.219. The quantitative estimate of drug-likeness (QED) is 0.743. The molecule has 90 valence electrons. The third-order valence-electron chi connectivity index (χ3n) is 3.40. The molecule has 0 aromatic carbocycles. The van der Waals surface area contributed by atoms with Crippen LogP contribution in [0.3, 0.4) is 0 Å². The molecule has 0 spiro atoms. The molecule has 0 bridgehead atoms. The van der Waals surface area contributed by atoms with Gasteiger partial charge in [-0.15, -0.1) is 22.9 Å². The van der Waals surface area contributed by atoms with E-state index in [9.17, 15) is 0 Å². The minimum Gasteiger partial charge on any atom is -0.299 e. The minimum absolute atomic E-state index is 0.615. The van der Waals surface area contributed by atoms with Crippen LogP contribution in [-0.4, -0.2) is 29.9 Å². The van der Waals surface area contributed by atoms with Crippen molar-refractivity contribution in [3.8, 4) is 0 Å². The van der Waals surface area contributed by atoms with Crippen LogP contribution in [-0.2, 0) is 6.42 Å². The molecule has 1 aliphatic heterocycles. The van der Waals surface area contributed by atoms with Gasteiger partial charge in [0.15, 0.2) is 0 Å². The van der Waals surface area contributed by atoms with Crippen molar-refractivity contribution in [2.75, 3.05) is 19.0 Å². The van der Waals surface area contributed by atoms with Crippen molar-refractivity contribution < 1.29 is 0 Å². The van der Waals surface area contributed by atoms with E-state index in [2.05, 4.69) is 22.4 Å². The summed E-state index contributed by atoms with van der Waals surface area (Å²) in [5, 5.41) is 2.16. The van der Waals surface area contributed by atoms with Crippen molar-refractivity contribution in [3.05, 3.63) is 22.4 Å². The minimum atomic E-state index is 0.615. The molecule has 3 heteroatoms. The Morgan fingerprint density at radius 3 is 3.06 bits per heavy atom. The zero-order chi connectivity index (χ0) is 11.2. The summed E-state index contributed by atoms with van der Waals surface area (Å²) in [5.74, 6) is 0.796. The first-order valence-corrected chi connectivity index (χ1v) is 7.64. The molecule has 1 saturated heterocycles. The van der Waals surface area contributed by atoms with Gasteiger partial charge in [-0.1, -0.05) is 18.9 Å². The van der Waals surface area contributed by atoms with Crippen LogP contribution in [0.1, 0.15) is 30.6 Å². The second kappa shape index (κ2) is 6.63. The average molecular weight is 258 g/mol. The molecule has 1 nitrogen and oxygen atoms in total. The van der Waals surface area contributed by atoms with Gasteiger partial charge in [-0.3, -0.25) is 4.90 Å². The fourth-order valence-corrected chi connectivity index (χ4v) is 3.46. The summed E-state index contributed by atoms with van der Waals surface area (Å²) in [5.41, 5.74) is 0. The van der Waals surface area contributed by atoms with E-state index >= 15 is 0 Å². The highest BCUT2D eigenvalue weighted by Crippen LogP contribution is 2.19. The summed E-state index contributed by atoms with van der Waals surface area (Å²) >= 11 is 7.94. The molecule has 1 unspecified atom stereocenters. The summed E-state index contributed by atoms with van der Waals surface area (Å²) in [6, 6.07) is 4.99. The van der Waals surface area contributed by atoms with Gasteiger partial charge < -0.3 is 0 Å². The van der Waals surface area contributed by atoms with Crippen LogP contribution < -0.4 is 0 Å². The third-order valence-corrected chi connectivity index (χ3v) is 4.70. The second-order valence-electron chi connectivity index (χ2n) is 4.52. The van der Waals surface area contributed by atoms with E-state index < -0.39 is 0 Å². The highest BCUT2D eigenvalue weighted by atomic mass is 35.5. The fourth-order valence-electron chi connectivity index (χ4n) is 2.41. The molecule has 0 saturated carbocycles. The van der Waals surface area contributed by atoms with E-state index in [-0.39, 0.29) is 0 Å². The molecule has 1 atom stereocenters. The molecule has 0 amide bonds. The Kier molecular flexibility index (Phi) is 5.14. The number of hydrogen-bond donors (Lipinski definition) is 0. The Morgan fingerprint density at radius 2 is 2.31 bits per heavy atom. The highest BCUT2D eigenvalue weighted by Gasteiger charge is 2.19. The van der Waals surface area contributed by atoms with E-state index in [0.29, 0.717) is 6.04 Å². The topological polar surface area (TPSA) is 3.24 Å². The molecular formula is C13H20ClNS. The molecule has 0 radical (unpaired) electrons. The lowest BCUT2D eigenvalue weighted by Crippen LogP contribution is -2.37. The van der Waals surface area contributed by atoms with Gasteiger partial charge in [-0.2, -0.15) is 0 Å². The Labute approximate surface area is 107 Å². The normalized spacial score (nSPS) is 23.2. The zero-order valence-corrected chi connectivity index (χ0v) is 11.3. The van der Waals surface area contributed by atoms with E-state index in [1.807, 2.05) is 11.3 Å². The number of nitrogens with zero attached hydrogens (tertiary/aromatic N) is 1. The first-order chi connectivity index (χ1) is 7.90. The molecule has 2 heterocycles. The molecule has 1 aromatic rings. The number of rotatable bonds is 4. The number of hydrogen-bond acceptors (Lipinski definition) is 2. The molecule has 2 rings (SSSR count). The number of likely N-dealkylation sites (tertiary alicyclic amines) is 1. The van der Waals surface area contributed by atoms with Crippen molar-refractivity contribution in [3.63, 3.8) is 0 Å². The van der Waals surface area contributed by atoms with Crippen LogP contribution in [0.15, 0.2) is 17.5 Å². The lowest BCUT2D eigenvalue weighted by Gasteiger charge is -2.28. The standard InChI is InChI=1S/C13H20ClNS/c14-11-12-5-2-1-3-8-15(12)9-7-13-6-4-10-16-13/h4,6,10,12H,1-3,5,7-9,11H2. The predicted octanol–water partition coefficient (Wildman–Crippen LogP) is 3.77. The van der Waals surface area contributed by atoms with E-state index in [4.69, 9.17) is 11.6 Å². The average Bonchev–Trinajstić information content (AvgIpc) is 2.71.